The molecular weight excluding hydrogens is 260 g/mol. The van der Waals surface area contributed by atoms with Crippen molar-refractivity contribution in [2.24, 2.45) is 34.5 Å². The van der Waals surface area contributed by atoms with E-state index < -0.39 is 0 Å². The molecule has 0 saturated heterocycles. The molecule has 0 aromatic rings. The zero-order chi connectivity index (χ0) is 14.8. The number of carbonyl (C=O) groups is 1. The molecule has 6 unspecified atom stereocenters. The molecule has 2 heteroatoms. The lowest BCUT2D eigenvalue weighted by Crippen LogP contribution is -2.54. The highest BCUT2D eigenvalue weighted by Crippen LogP contribution is 2.65. The minimum absolute atomic E-state index is 0.0815. The van der Waals surface area contributed by atoms with Gasteiger partial charge in [0, 0.05) is 12.8 Å². The van der Waals surface area contributed by atoms with E-state index in [2.05, 4.69) is 13.8 Å². The summed E-state index contributed by atoms with van der Waals surface area (Å²) >= 11 is 0. The molecule has 4 saturated carbocycles. The Kier molecular flexibility index (Phi) is 3.10. The van der Waals surface area contributed by atoms with E-state index in [1.807, 2.05) is 0 Å². The summed E-state index contributed by atoms with van der Waals surface area (Å²) in [5.74, 6) is 3.51. The molecule has 0 spiro atoms. The number of aliphatic hydroxyl groups is 1. The van der Waals surface area contributed by atoms with E-state index in [1.54, 1.807) is 0 Å². The van der Waals surface area contributed by atoms with Gasteiger partial charge in [-0.05, 0) is 79.4 Å². The zero-order valence-corrected chi connectivity index (χ0v) is 13.6. The van der Waals surface area contributed by atoms with Crippen LogP contribution in [0.1, 0.15) is 71.6 Å². The molecule has 1 N–H and O–H groups in total. The van der Waals surface area contributed by atoms with Crippen molar-refractivity contribution in [3.05, 3.63) is 0 Å². The third-order valence-corrected chi connectivity index (χ3v) is 8.36. The molecule has 0 aromatic heterocycles. The number of carbonyl (C=O) groups excluding carboxylic acids is 1. The Balaban J connectivity index is 1.66. The third kappa shape index (κ3) is 1.84. The summed E-state index contributed by atoms with van der Waals surface area (Å²) in [5, 5.41) is 10.5. The first-order chi connectivity index (χ1) is 9.95. The molecule has 0 radical (unpaired) electrons. The minimum Gasteiger partial charge on any atom is -0.393 e. The lowest BCUT2D eigenvalue weighted by Gasteiger charge is -2.59. The zero-order valence-electron chi connectivity index (χ0n) is 13.6. The van der Waals surface area contributed by atoms with Crippen molar-refractivity contribution in [1.29, 1.82) is 0 Å². The second kappa shape index (κ2) is 4.57. The van der Waals surface area contributed by atoms with Crippen LogP contribution in [0, 0.1) is 34.5 Å². The normalized spacial score (nSPS) is 56.5. The highest BCUT2D eigenvalue weighted by Gasteiger charge is 2.60. The van der Waals surface area contributed by atoms with Gasteiger partial charge in [0.05, 0.1) is 6.10 Å². The van der Waals surface area contributed by atoms with Crippen LogP contribution in [0.15, 0.2) is 0 Å². The maximum Gasteiger partial charge on any atom is 0.133 e. The first-order valence-electron chi connectivity index (χ1n) is 9.15. The SMILES string of the molecule is CC12CCC3C(CC[C@H]4CCC(=O)CC34C)C1CCC2O. The van der Waals surface area contributed by atoms with Gasteiger partial charge in [0.15, 0.2) is 0 Å². The Morgan fingerprint density at radius 1 is 0.952 bits per heavy atom. The quantitative estimate of drug-likeness (QED) is 0.733. The summed E-state index contributed by atoms with van der Waals surface area (Å²) in [5.41, 5.74) is 0.441. The third-order valence-electron chi connectivity index (χ3n) is 8.36. The van der Waals surface area contributed by atoms with Crippen LogP contribution in [0.5, 0.6) is 0 Å². The lowest BCUT2D eigenvalue weighted by atomic mass is 9.45. The minimum atomic E-state index is -0.0815. The second-order valence-corrected chi connectivity index (χ2v) is 9.05. The molecule has 0 aliphatic heterocycles. The molecule has 0 aromatic carbocycles. The molecule has 4 rings (SSSR count). The summed E-state index contributed by atoms with van der Waals surface area (Å²) in [7, 11) is 0. The fraction of sp³-hybridized carbons (Fsp3) is 0.947. The van der Waals surface area contributed by atoms with Crippen molar-refractivity contribution >= 4 is 5.78 Å². The van der Waals surface area contributed by atoms with E-state index in [0.29, 0.717) is 11.7 Å². The molecule has 2 nitrogen and oxygen atoms in total. The molecule has 0 bridgehead atoms. The van der Waals surface area contributed by atoms with Gasteiger partial charge in [-0.25, -0.2) is 0 Å². The van der Waals surface area contributed by atoms with Crippen molar-refractivity contribution in [2.45, 2.75) is 77.7 Å². The van der Waals surface area contributed by atoms with Crippen molar-refractivity contribution in [3.63, 3.8) is 0 Å². The van der Waals surface area contributed by atoms with Crippen LogP contribution < -0.4 is 0 Å². The molecule has 118 valence electrons. The largest absolute Gasteiger partial charge is 0.393 e. The number of ketones is 1. The van der Waals surface area contributed by atoms with Crippen LogP contribution in [0.3, 0.4) is 0 Å². The average molecular weight is 290 g/mol. The Morgan fingerprint density at radius 2 is 1.71 bits per heavy atom. The van der Waals surface area contributed by atoms with E-state index in [1.165, 1.54) is 32.1 Å². The number of aliphatic hydroxyl groups excluding tert-OH is 1. The summed E-state index contributed by atoms with van der Waals surface area (Å²) < 4.78 is 0. The Morgan fingerprint density at radius 3 is 2.52 bits per heavy atom. The molecule has 21 heavy (non-hydrogen) atoms. The molecule has 7 atom stereocenters. The molecule has 4 aliphatic carbocycles. The fourth-order valence-corrected chi connectivity index (χ4v) is 7.11. The molecule has 4 aliphatic rings. The van der Waals surface area contributed by atoms with Crippen molar-refractivity contribution < 1.29 is 9.90 Å². The summed E-state index contributed by atoms with van der Waals surface area (Å²) in [6, 6.07) is 0. The summed E-state index contributed by atoms with van der Waals surface area (Å²) in [6.07, 6.45) is 10.1. The van der Waals surface area contributed by atoms with Crippen LogP contribution in [0.4, 0.5) is 0 Å². The lowest BCUT2D eigenvalue weighted by molar-refractivity contribution is -0.144. The first kappa shape index (κ1) is 14.2. The van der Waals surface area contributed by atoms with Gasteiger partial charge in [-0.1, -0.05) is 13.8 Å². The standard InChI is InChI=1S/C19H30O2/c1-18-10-9-16-14(15(18)7-8-17(18)21)6-4-12-3-5-13(20)11-19(12,16)2/h12,14-17,21H,3-11H2,1-2H3/t12-,14?,15?,16?,17?,18?,19?/m1/s1. The molecule has 0 amide bonds. The summed E-state index contributed by atoms with van der Waals surface area (Å²) in [4.78, 5) is 12.1. The van der Waals surface area contributed by atoms with Gasteiger partial charge in [0.25, 0.3) is 0 Å². The van der Waals surface area contributed by atoms with Crippen molar-refractivity contribution in [2.75, 3.05) is 0 Å². The number of rotatable bonds is 0. The number of fused-ring (bicyclic) bond motifs is 5. The maximum atomic E-state index is 12.1. The highest BCUT2D eigenvalue weighted by molar-refractivity contribution is 5.80. The van der Waals surface area contributed by atoms with Crippen LogP contribution >= 0.6 is 0 Å². The Bertz CT molecular complexity index is 458. The summed E-state index contributed by atoms with van der Waals surface area (Å²) in [6.45, 7) is 4.77. The van der Waals surface area contributed by atoms with Gasteiger partial charge in [0.2, 0.25) is 0 Å². The highest BCUT2D eigenvalue weighted by atomic mass is 16.3. The van der Waals surface area contributed by atoms with E-state index in [0.717, 1.165) is 43.4 Å². The number of hydrogen-bond acceptors (Lipinski definition) is 2. The predicted molar refractivity (Wildman–Crippen MR) is 82.7 cm³/mol. The second-order valence-electron chi connectivity index (χ2n) is 9.05. The van der Waals surface area contributed by atoms with Crippen LogP contribution in [-0.4, -0.2) is 17.0 Å². The maximum absolute atomic E-state index is 12.1. The van der Waals surface area contributed by atoms with Crippen LogP contribution in [-0.2, 0) is 4.79 Å². The number of hydrogen-bond donors (Lipinski definition) is 1. The first-order valence-corrected chi connectivity index (χ1v) is 9.15. The van der Waals surface area contributed by atoms with Gasteiger partial charge in [-0.3, -0.25) is 4.79 Å². The van der Waals surface area contributed by atoms with Crippen molar-refractivity contribution in [3.8, 4) is 0 Å². The van der Waals surface area contributed by atoms with Gasteiger partial charge < -0.3 is 5.11 Å². The Hall–Kier alpha value is -0.370. The van der Waals surface area contributed by atoms with Crippen molar-refractivity contribution in [1.82, 2.24) is 0 Å². The molecule has 0 heterocycles. The van der Waals surface area contributed by atoms with Gasteiger partial charge in [-0.2, -0.15) is 0 Å². The van der Waals surface area contributed by atoms with Crippen LogP contribution in [0.2, 0.25) is 0 Å². The number of Topliss-reactive ketones (excluding diaryl/α,β-unsaturated/α-hetero) is 1. The monoisotopic (exact) mass is 290 g/mol. The fourth-order valence-electron chi connectivity index (χ4n) is 7.11. The van der Waals surface area contributed by atoms with E-state index in [4.69, 9.17) is 0 Å². The van der Waals surface area contributed by atoms with E-state index in [9.17, 15) is 9.90 Å². The topological polar surface area (TPSA) is 37.3 Å². The molecular formula is C19H30O2. The van der Waals surface area contributed by atoms with Gasteiger partial charge in [-0.15, -0.1) is 0 Å². The van der Waals surface area contributed by atoms with Gasteiger partial charge >= 0.3 is 0 Å². The Labute approximate surface area is 128 Å². The molecule has 4 fully saturated rings. The predicted octanol–water partition coefficient (Wildman–Crippen LogP) is 3.96. The van der Waals surface area contributed by atoms with Gasteiger partial charge in [0.1, 0.15) is 5.78 Å². The van der Waals surface area contributed by atoms with E-state index >= 15 is 0 Å². The van der Waals surface area contributed by atoms with Crippen LogP contribution in [0.25, 0.3) is 0 Å². The average Bonchev–Trinajstić information content (AvgIpc) is 2.74. The van der Waals surface area contributed by atoms with E-state index in [-0.39, 0.29) is 16.9 Å². The smallest absolute Gasteiger partial charge is 0.133 e.